The van der Waals surface area contributed by atoms with Crippen molar-refractivity contribution < 1.29 is 9.90 Å². The minimum absolute atomic E-state index is 0.337. The predicted molar refractivity (Wildman–Crippen MR) is 88.0 cm³/mol. The SMILES string of the molecule is CC(C)CCCCCCN.CCCCCCCC(=O)O. The fourth-order valence-corrected chi connectivity index (χ4v) is 1.93. The zero-order valence-electron chi connectivity index (χ0n) is 14.0. The summed E-state index contributed by atoms with van der Waals surface area (Å²) in [6.45, 7) is 7.57. The summed E-state index contributed by atoms with van der Waals surface area (Å²) in [6.07, 6.45) is 12.6. The number of nitrogens with two attached hydrogens (primary N) is 1. The molecule has 0 heterocycles. The van der Waals surface area contributed by atoms with Crippen LogP contribution < -0.4 is 5.73 Å². The molecule has 0 saturated carbocycles. The molecule has 3 heteroatoms. The zero-order chi connectivity index (χ0) is 15.6. The molecule has 0 bridgehead atoms. The molecule has 122 valence electrons. The first kappa shape index (κ1) is 21.7. The Bertz CT molecular complexity index is 193. The Labute approximate surface area is 126 Å². The van der Waals surface area contributed by atoms with E-state index in [4.69, 9.17) is 10.8 Å². The molecule has 0 amide bonds. The van der Waals surface area contributed by atoms with E-state index in [9.17, 15) is 4.79 Å². The summed E-state index contributed by atoms with van der Waals surface area (Å²) < 4.78 is 0. The van der Waals surface area contributed by atoms with Gasteiger partial charge in [-0.25, -0.2) is 0 Å². The summed E-state index contributed by atoms with van der Waals surface area (Å²) in [5, 5.41) is 8.27. The molecule has 0 saturated heterocycles. The van der Waals surface area contributed by atoms with Crippen molar-refractivity contribution in [3.05, 3.63) is 0 Å². The van der Waals surface area contributed by atoms with Crippen LogP contribution >= 0.6 is 0 Å². The highest BCUT2D eigenvalue weighted by atomic mass is 16.4. The van der Waals surface area contributed by atoms with Crippen molar-refractivity contribution in [2.45, 2.75) is 91.4 Å². The number of hydrogen-bond donors (Lipinski definition) is 2. The molecule has 0 spiro atoms. The second-order valence-corrected chi connectivity index (χ2v) is 5.94. The lowest BCUT2D eigenvalue weighted by Gasteiger charge is -2.02. The third-order valence-corrected chi connectivity index (χ3v) is 3.23. The van der Waals surface area contributed by atoms with Crippen molar-refractivity contribution in [3.8, 4) is 0 Å². The summed E-state index contributed by atoms with van der Waals surface area (Å²) in [5.41, 5.74) is 5.37. The maximum Gasteiger partial charge on any atom is 0.303 e. The van der Waals surface area contributed by atoms with Gasteiger partial charge in [-0.05, 0) is 25.3 Å². The summed E-state index contributed by atoms with van der Waals surface area (Å²) in [6, 6.07) is 0. The van der Waals surface area contributed by atoms with Gasteiger partial charge in [0.1, 0.15) is 0 Å². The summed E-state index contributed by atoms with van der Waals surface area (Å²) >= 11 is 0. The number of unbranched alkanes of at least 4 members (excludes halogenated alkanes) is 7. The molecule has 0 aromatic carbocycles. The topological polar surface area (TPSA) is 63.3 Å². The Morgan fingerprint density at radius 2 is 1.50 bits per heavy atom. The van der Waals surface area contributed by atoms with Gasteiger partial charge in [0, 0.05) is 6.42 Å². The van der Waals surface area contributed by atoms with Gasteiger partial charge >= 0.3 is 5.97 Å². The summed E-state index contributed by atoms with van der Waals surface area (Å²) in [7, 11) is 0. The second-order valence-electron chi connectivity index (χ2n) is 5.94. The minimum atomic E-state index is -0.670. The molecule has 3 N–H and O–H groups in total. The quantitative estimate of drug-likeness (QED) is 0.497. The molecular weight excluding hydrogens is 250 g/mol. The number of aliphatic carboxylic acids is 1. The van der Waals surface area contributed by atoms with Crippen molar-refractivity contribution in [1.29, 1.82) is 0 Å². The molecule has 0 radical (unpaired) electrons. The van der Waals surface area contributed by atoms with Crippen LogP contribution in [0.1, 0.15) is 91.4 Å². The maximum absolute atomic E-state index is 10.0. The number of carboxylic acid groups (broad SMARTS) is 1. The third kappa shape index (κ3) is 26.1. The Kier molecular flexibility index (Phi) is 20.0. The first-order chi connectivity index (χ1) is 9.54. The van der Waals surface area contributed by atoms with Crippen molar-refractivity contribution in [2.75, 3.05) is 6.54 Å². The van der Waals surface area contributed by atoms with Gasteiger partial charge in [0.05, 0.1) is 0 Å². The molecule has 0 atom stereocenters. The van der Waals surface area contributed by atoms with Gasteiger partial charge in [-0.1, -0.05) is 72.1 Å². The van der Waals surface area contributed by atoms with Crippen LogP contribution in [0.15, 0.2) is 0 Å². The van der Waals surface area contributed by atoms with E-state index < -0.39 is 5.97 Å². The predicted octanol–water partition coefficient (Wildman–Crippen LogP) is 4.98. The number of carboxylic acids is 1. The molecular formula is C17H37NO2. The van der Waals surface area contributed by atoms with E-state index in [1.807, 2.05) is 0 Å². The van der Waals surface area contributed by atoms with E-state index in [-0.39, 0.29) is 0 Å². The van der Waals surface area contributed by atoms with Crippen molar-refractivity contribution >= 4 is 5.97 Å². The average molecular weight is 287 g/mol. The fraction of sp³-hybridized carbons (Fsp3) is 0.941. The van der Waals surface area contributed by atoms with Crippen LogP contribution in [0.25, 0.3) is 0 Å². The minimum Gasteiger partial charge on any atom is -0.481 e. The number of carbonyl (C=O) groups is 1. The van der Waals surface area contributed by atoms with E-state index in [1.54, 1.807) is 0 Å². The summed E-state index contributed by atoms with van der Waals surface area (Å²) in [5.74, 6) is 0.203. The molecule has 0 fully saturated rings. The highest BCUT2D eigenvalue weighted by Gasteiger charge is 1.95. The van der Waals surface area contributed by atoms with E-state index in [0.717, 1.165) is 25.3 Å². The first-order valence-corrected chi connectivity index (χ1v) is 8.46. The van der Waals surface area contributed by atoms with Crippen LogP contribution in [0.2, 0.25) is 0 Å². The van der Waals surface area contributed by atoms with Gasteiger partial charge in [0.25, 0.3) is 0 Å². The van der Waals surface area contributed by atoms with Crippen LogP contribution in [-0.4, -0.2) is 17.6 Å². The van der Waals surface area contributed by atoms with Crippen LogP contribution in [0, 0.1) is 5.92 Å². The van der Waals surface area contributed by atoms with Crippen LogP contribution in [0.4, 0.5) is 0 Å². The Hall–Kier alpha value is -0.570. The standard InChI is InChI=1S/C9H21N.C8H16O2/c1-9(2)7-5-3-4-6-8-10;1-2-3-4-5-6-7-8(9)10/h9H,3-8,10H2,1-2H3;2-7H2,1H3,(H,9,10). The van der Waals surface area contributed by atoms with Crippen molar-refractivity contribution in [3.63, 3.8) is 0 Å². The Balaban J connectivity index is 0. The molecule has 0 rings (SSSR count). The van der Waals surface area contributed by atoms with Crippen LogP contribution in [-0.2, 0) is 4.79 Å². The molecule has 0 aliphatic carbocycles. The van der Waals surface area contributed by atoms with E-state index in [0.29, 0.717) is 6.42 Å². The number of rotatable bonds is 12. The average Bonchev–Trinajstić information content (AvgIpc) is 2.38. The lowest BCUT2D eigenvalue weighted by Crippen LogP contribution is -1.97. The lowest BCUT2D eigenvalue weighted by molar-refractivity contribution is -0.137. The molecule has 0 aliphatic rings. The van der Waals surface area contributed by atoms with Gasteiger partial charge in [0.2, 0.25) is 0 Å². The van der Waals surface area contributed by atoms with E-state index in [2.05, 4.69) is 20.8 Å². The molecule has 3 nitrogen and oxygen atoms in total. The van der Waals surface area contributed by atoms with Crippen molar-refractivity contribution in [2.24, 2.45) is 11.7 Å². The zero-order valence-corrected chi connectivity index (χ0v) is 14.0. The Morgan fingerprint density at radius 1 is 0.950 bits per heavy atom. The van der Waals surface area contributed by atoms with Crippen LogP contribution in [0.3, 0.4) is 0 Å². The lowest BCUT2D eigenvalue weighted by atomic mass is 10.0. The van der Waals surface area contributed by atoms with E-state index >= 15 is 0 Å². The monoisotopic (exact) mass is 287 g/mol. The fourth-order valence-electron chi connectivity index (χ4n) is 1.93. The largest absolute Gasteiger partial charge is 0.481 e. The highest BCUT2D eigenvalue weighted by molar-refractivity contribution is 5.66. The van der Waals surface area contributed by atoms with E-state index in [1.165, 1.54) is 51.4 Å². The van der Waals surface area contributed by atoms with Gasteiger partial charge in [-0.3, -0.25) is 4.79 Å². The van der Waals surface area contributed by atoms with Gasteiger partial charge in [-0.15, -0.1) is 0 Å². The number of hydrogen-bond acceptors (Lipinski definition) is 2. The Morgan fingerprint density at radius 3 is 2.00 bits per heavy atom. The second kappa shape index (κ2) is 18.4. The van der Waals surface area contributed by atoms with Gasteiger partial charge < -0.3 is 10.8 Å². The molecule has 0 unspecified atom stereocenters. The summed E-state index contributed by atoms with van der Waals surface area (Å²) in [4.78, 5) is 10.0. The smallest absolute Gasteiger partial charge is 0.303 e. The maximum atomic E-state index is 10.0. The van der Waals surface area contributed by atoms with Crippen LogP contribution in [0.5, 0.6) is 0 Å². The molecule has 0 aliphatic heterocycles. The highest BCUT2D eigenvalue weighted by Crippen LogP contribution is 2.08. The van der Waals surface area contributed by atoms with Gasteiger partial charge in [0.15, 0.2) is 0 Å². The normalized spacial score (nSPS) is 10.2. The molecule has 0 aromatic heterocycles. The first-order valence-electron chi connectivity index (χ1n) is 8.46. The van der Waals surface area contributed by atoms with Gasteiger partial charge in [-0.2, -0.15) is 0 Å². The third-order valence-electron chi connectivity index (χ3n) is 3.23. The molecule has 20 heavy (non-hydrogen) atoms. The van der Waals surface area contributed by atoms with Crippen molar-refractivity contribution in [1.82, 2.24) is 0 Å². The molecule has 0 aromatic rings.